The van der Waals surface area contributed by atoms with Crippen LogP contribution >= 0.6 is 11.6 Å². The zero-order valence-electron chi connectivity index (χ0n) is 11.1. The van der Waals surface area contributed by atoms with E-state index in [1.807, 2.05) is 24.4 Å². The summed E-state index contributed by atoms with van der Waals surface area (Å²) < 4.78 is 5.68. The molecule has 1 N–H and O–H groups in total. The maximum atomic E-state index is 5.83. The number of nitrogens with one attached hydrogen (secondary N) is 1. The van der Waals surface area contributed by atoms with Crippen molar-refractivity contribution in [3.63, 3.8) is 0 Å². The first-order valence-corrected chi connectivity index (χ1v) is 7.06. The van der Waals surface area contributed by atoms with Gasteiger partial charge in [-0.15, -0.1) is 0 Å². The van der Waals surface area contributed by atoms with E-state index in [9.17, 15) is 0 Å². The molecule has 4 nitrogen and oxygen atoms in total. The van der Waals surface area contributed by atoms with Crippen molar-refractivity contribution in [1.82, 2.24) is 15.3 Å². The van der Waals surface area contributed by atoms with Crippen molar-refractivity contribution < 1.29 is 4.74 Å². The maximum Gasteiger partial charge on any atom is 0.112 e. The fraction of sp³-hybridized carbons (Fsp3) is 0.333. The van der Waals surface area contributed by atoms with Crippen molar-refractivity contribution in [2.45, 2.75) is 12.5 Å². The van der Waals surface area contributed by atoms with Crippen LogP contribution in [-0.2, 0) is 11.2 Å². The van der Waals surface area contributed by atoms with Crippen molar-refractivity contribution in [3.05, 3.63) is 58.6 Å². The third-order valence-corrected chi connectivity index (χ3v) is 3.50. The first kappa shape index (κ1) is 13.5. The number of halogens is 1. The number of morpholine rings is 1. The van der Waals surface area contributed by atoms with Crippen LogP contribution in [0.1, 0.15) is 23.1 Å². The van der Waals surface area contributed by atoms with Crippen molar-refractivity contribution in [2.24, 2.45) is 0 Å². The Balaban J connectivity index is 1.67. The van der Waals surface area contributed by atoms with Crippen LogP contribution in [0.25, 0.3) is 0 Å². The lowest BCUT2D eigenvalue weighted by molar-refractivity contribution is 0.0250. The summed E-state index contributed by atoms with van der Waals surface area (Å²) in [7, 11) is 0. The number of rotatable bonds is 3. The van der Waals surface area contributed by atoms with E-state index in [-0.39, 0.29) is 6.10 Å². The minimum absolute atomic E-state index is 0.0615. The van der Waals surface area contributed by atoms with Gasteiger partial charge in [0.1, 0.15) is 6.10 Å². The molecule has 1 aliphatic rings. The minimum atomic E-state index is 0.0615. The van der Waals surface area contributed by atoms with Crippen molar-refractivity contribution >= 4 is 11.6 Å². The molecular weight excluding hydrogens is 274 g/mol. The molecule has 3 heterocycles. The molecule has 0 saturated carbocycles. The fourth-order valence-corrected chi connectivity index (χ4v) is 2.32. The summed E-state index contributed by atoms with van der Waals surface area (Å²) in [5, 5.41) is 3.96. The summed E-state index contributed by atoms with van der Waals surface area (Å²) in [6.45, 7) is 2.48. The third-order valence-electron chi connectivity index (χ3n) is 3.28. The molecule has 104 valence electrons. The second-order valence-corrected chi connectivity index (χ2v) is 5.24. The molecule has 3 rings (SSSR count). The van der Waals surface area contributed by atoms with Gasteiger partial charge in [0.25, 0.3) is 0 Å². The van der Waals surface area contributed by atoms with Crippen molar-refractivity contribution in [3.8, 4) is 0 Å². The highest BCUT2D eigenvalue weighted by Crippen LogP contribution is 2.17. The van der Waals surface area contributed by atoms with Gasteiger partial charge in [-0.2, -0.15) is 0 Å². The van der Waals surface area contributed by atoms with Gasteiger partial charge in [-0.05, 0) is 23.8 Å². The second kappa shape index (κ2) is 6.31. The first-order valence-electron chi connectivity index (χ1n) is 6.69. The Morgan fingerprint density at radius 3 is 2.80 bits per heavy atom. The van der Waals surface area contributed by atoms with Crippen LogP contribution in [-0.4, -0.2) is 29.7 Å². The Kier molecular flexibility index (Phi) is 4.25. The molecule has 0 bridgehead atoms. The van der Waals surface area contributed by atoms with Crippen molar-refractivity contribution in [1.29, 1.82) is 0 Å². The summed E-state index contributed by atoms with van der Waals surface area (Å²) >= 11 is 5.83. The van der Waals surface area contributed by atoms with Crippen LogP contribution in [0.3, 0.4) is 0 Å². The van der Waals surface area contributed by atoms with Crippen LogP contribution in [0.4, 0.5) is 0 Å². The van der Waals surface area contributed by atoms with Gasteiger partial charge in [0.2, 0.25) is 0 Å². The lowest BCUT2D eigenvalue weighted by atomic mass is 10.1. The molecule has 0 spiro atoms. The van der Waals surface area contributed by atoms with Crippen LogP contribution < -0.4 is 5.32 Å². The summed E-state index contributed by atoms with van der Waals surface area (Å²) in [4.78, 5) is 8.79. The van der Waals surface area contributed by atoms with E-state index in [4.69, 9.17) is 16.3 Å². The molecule has 1 saturated heterocycles. The highest BCUT2D eigenvalue weighted by Gasteiger charge is 2.16. The molecule has 2 aromatic rings. The molecule has 20 heavy (non-hydrogen) atoms. The standard InChI is InChI=1S/C15H16ClN3O/c16-12-2-3-13(18-9-12)7-11-1-4-14(19-8-11)15-10-17-5-6-20-15/h1-4,8-9,15,17H,5-7,10H2/t15-/m1/s1. The molecule has 1 atom stereocenters. The van der Waals surface area contributed by atoms with Crippen LogP contribution in [0, 0.1) is 0 Å². The quantitative estimate of drug-likeness (QED) is 0.942. The normalized spacial score (nSPS) is 18.9. The Labute approximate surface area is 123 Å². The van der Waals surface area contributed by atoms with Gasteiger partial charge < -0.3 is 10.1 Å². The zero-order valence-corrected chi connectivity index (χ0v) is 11.8. The summed E-state index contributed by atoms with van der Waals surface area (Å²) in [6, 6.07) is 7.90. The van der Waals surface area contributed by atoms with Crippen molar-refractivity contribution in [2.75, 3.05) is 19.7 Å². The van der Waals surface area contributed by atoms with Crippen LogP contribution in [0.15, 0.2) is 36.7 Å². The Bertz CT molecular complexity index is 550. The topological polar surface area (TPSA) is 47.0 Å². The number of pyridine rings is 2. The molecule has 1 aliphatic heterocycles. The van der Waals surface area contributed by atoms with Gasteiger partial charge in [-0.3, -0.25) is 9.97 Å². The second-order valence-electron chi connectivity index (χ2n) is 4.80. The molecule has 0 amide bonds. The Hall–Kier alpha value is -1.49. The SMILES string of the molecule is Clc1ccc(Cc2ccc([C@H]3CNCCO3)nc2)nc1. The number of hydrogen-bond acceptors (Lipinski definition) is 4. The van der Waals surface area contributed by atoms with E-state index in [1.54, 1.807) is 6.20 Å². The van der Waals surface area contributed by atoms with Crippen LogP contribution in [0.5, 0.6) is 0 Å². The van der Waals surface area contributed by atoms with Gasteiger partial charge in [0, 0.05) is 37.6 Å². The largest absolute Gasteiger partial charge is 0.369 e. The molecule has 5 heteroatoms. The average molecular weight is 290 g/mol. The van der Waals surface area contributed by atoms with Gasteiger partial charge in [-0.1, -0.05) is 17.7 Å². The van der Waals surface area contributed by atoms with E-state index >= 15 is 0 Å². The minimum Gasteiger partial charge on any atom is -0.369 e. The third kappa shape index (κ3) is 3.33. The molecule has 1 fully saturated rings. The Morgan fingerprint density at radius 2 is 2.15 bits per heavy atom. The molecular formula is C15H16ClN3O. The smallest absolute Gasteiger partial charge is 0.112 e. The van der Waals surface area contributed by atoms with Gasteiger partial charge in [0.15, 0.2) is 0 Å². The van der Waals surface area contributed by atoms with E-state index < -0.39 is 0 Å². The van der Waals surface area contributed by atoms with E-state index in [0.717, 1.165) is 43.1 Å². The van der Waals surface area contributed by atoms with Gasteiger partial charge >= 0.3 is 0 Å². The molecule has 0 aromatic carbocycles. The van der Waals surface area contributed by atoms with Gasteiger partial charge in [0.05, 0.1) is 17.3 Å². The number of nitrogens with zero attached hydrogens (tertiary/aromatic N) is 2. The summed E-state index contributed by atoms with van der Waals surface area (Å²) in [5.74, 6) is 0. The molecule has 0 unspecified atom stereocenters. The van der Waals surface area contributed by atoms with E-state index in [2.05, 4.69) is 21.4 Å². The highest BCUT2D eigenvalue weighted by molar-refractivity contribution is 6.30. The summed E-state index contributed by atoms with van der Waals surface area (Å²) in [5.41, 5.74) is 3.09. The lowest BCUT2D eigenvalue weighted by Gasteiger charge is -2.23. The number of hydrogen-bond donors (Lipinski definition) is 1. The summed E-state index contributed by atoms with van der Waals surface area (Å²) in [6.07, 6.45) is 4.38. The molecule has 2 aromatic heterocycles. The predicted octanol–water partition coefficient (Wildman–Crippen LogP) is 2.38. The maximum absolute atomic E-state index is 5.83. The zero-order chi connectivity index (χ0) is 13.8. The molecule has 0 aliphatic carbocycles. The molecule has 0 radical (unpaired) electrons. The Morgan fingerprint density at radius 1 is 1.20 bits per heavy atom. The van der Waals surface area contributed by atoms with Crippen LogP contribution in [0.2, 0.25) is 5.02 Å². The lowest BCUT2D eigenvalue weighted by Crippen LogP contribution is -2.33. The first-order chi connectivity index (χ1) is 9.81. The fourth-order valence-electron chi connectivity index (χ4n) is 2.21. The monoisotopic (exact) mass is 289 g/mol. The number of aromatic nitrogens is 2. The number of ether oxygens (including phenoxy) is 1. The highest BCUT2D eigenvalue weighted by atomic mass is 35.5. The average Bonchev–Trinajstić information content (AvgIpc) is 2.51. The predicted molar refractivity (Wildman–Crippen MR) is 77.9 cm³/mol. The van der Waals surface area contributed by atoms with Gasteiger partial charge in [-0.25, -0.2) is 0 Å². The van der Waals surface area contributed by atoms with E-state index in [0.29, 0.717) is 5.02 Å². The van der Waals surface area contributed by atoms with E-state index in [1.165, 1.54) is 0 Å².